The summed E-state index contributed by atoms with van der Waals surface area (Å²) in [6.07, 6.45) is 6.63. The van der Waals surface area contributed by atoms with Crippen molar-refractivity contribution in [2.75, 3.05) is 0 Å². The van der Waals surface area contributed by atoms with Crippen molar-refractivity contribution in [3.05, 3.63) is 251 Å². The number of hydrogen-bond donors (Lipinski definition) is 3. The Kier molecular flexibility index (Phi) is 12.9. The van der Waals surface area contributed by atoms with Crippen molar-refractivity contribution < 1.29 is 15.1 Å². The van der Waals surface area contributed by atoms with Crippen molar-refractivity contribution in [1.29, 1.82) is 0 Å². The fourth-order valence-electron chi connectivity index (χ4n) is 9.25. The summed E-state index contributed by atoms with van der Waals surface area (Å²) in [6, 6.07) is 42.6. The van der Waals surface area contributed by atoms with E-state index in [1.807, 2.05) is 91.5 Å². The number of aromatic nitrogens is 6. The lowest BCUT2D eigenvalue weighted by Gasteiger charge is -2.31. The second kappa shape index (κ2) is 19.1. The van der Waals surface area contributed by atoms with Gasteiger partial charge in [0.15, 0.2) is 5.60 Å². The maximum atomic E-state index is 12.8. The first-order valence-electron chi connectivity index (χ1n) is 22.2. The first-order chi connectivity index (χ1) is 34.0. The van der Waals surface area contributed by atoms with Crippen molar-refractivity contribution in [1.82, 2.24) is 28.2 Å². The third-order valence-corrected chi connectivity index (χ3v) is 13.6. The van der Waals surface area contributed by atoms with Crippen LogP contribution in [0, 0.1) is 10.1 Å². The molecule has 2 unspecified atom stereocenters. The fourth-order valence-corrected chi connectivity index (χ4v) is 9.63. The van der Waals surface area contributed by atoms with Gasteiger partial charge in [-0.25, -0.2) is 9.97 Å². The van der Waals surface area contributed by atoms with E-state index in [-0.39, 0.29) is 23.4 Å². The van der Waals surface area contributed by atoms with Crippen LogP contribution in [0.4, 0.5) is 5.69 Å². The van der Waals surface area contributed by atoms with Gasteiger partial charge in [0, 0.05) is 73.3 Å². The van der Waals surface area contributed by atoms with E-state index < -0.39 is 16.1 Å². The summed E-state index contributed by atoms with van der Waals surface area (Å²) >= 11 is 12.5. The number of imidazole rings is 2. The van der Waals surface area contributed by atoms with E-state index in [0.717, 1.165) is 55.2 Å². The Labute approximate surface area is 416 Å². The van der Waals surface area contributed by atoms with Crippen molar-refractivity contribution >= 4 is 50.7 Å². The van der Waals surface area contributed by atoms with Gasteiger partial charge in [-0.2, -0.15) is 0 Å². The summed E-state index contributed by atoms with van der Waals surface area (Å²) in [4.78, 5) is 44.8. The molecular formula is C55H46Cl2N8O6. The van der Waals surface area contributed by atoms with Gasteiger partial charge in [-0.05, 0) is 111 Å². The molecule has 0 bridgehead atoms. The van der Waals surface area contributed by atoms with Gasteiger partial charge in [-0.1, -0.05) is 83.9 Å². The summed E-state index contributed by atoms with van der Waals surface area (Å²) in [6.45, 7) is -0.0859. The maximum Gasteiger partial charge on any atom is 0.269 e. The lowest BCUT2D eigenvalue weighted by molar-refractivity contribution is -0.384. The summed E-state index contributed by atoms with van der Waals surface area (Å²) in [5.41, 5.74) is 13.4. The maximum absolute atomic E-state index is 12.8. The highest BCUT2D eigenvalue weighted by Crippen LogP contribution is 2.41. The van der Waals surface area contributed by atoms with Crippen LogP contribution in [0.1, 0.15) is 39.2 Å². The van der Waals surface area contributed by atoms with Gasteiger partial charge < -0.3 is 34.2 Å². The molecule has 14 nitrogen and oxygen atoms in total. The van der Waals surface area contributed by atoms with Gasteiger partial charge >= 0.3 is 0 Å². The lowest BCUT2D eigenvalue weighted by atomic mass is 9.80. The van der Waals surface area contributed by atoms with Crippen molar-refractivity contribution in [2.45, 2.75) is 17.7 Å². The number of nitro benzene ring substituents is 1. The monoisotopic (exact) mass is 984 g/mol. The molecule has 0 fully saturated rings. The first kappa shape index (κ1) is 48.1. The summed E-state index contributed by atoms with van der Waals surface area (Å²) in [5.74, 6) is 0. The Morgan fingerprint density at radius 2 is 1.07 bits per heavy atom. The number of aryl methyl sites for hydroxylation is 4. The number of rotatable bonds is 10. The standard InChI is InChI=1S/C28H24ClN3O3.C27H22ClN5O3/c1-31-17-30-15-26(31)28(35,20-8-6-18(16-33)7-9-20)21-10-11-25-24(13-21)23(14-27(34)32(25)2)19-4-3-5-22(29)12-19;1-31-16-30-15-25(31)27(29,18-6-9-21(10-7-18)33(35)36)19-8-11-24-23(13-19)22(14-26(34)32(24)2)17-4-3-5-20(28)12-17/h3-15,17,33,35H,16H2,1-2H3;3-16H,29H2,1-2H3. The molecule has 10 aromatic rings. The molecule has 0 amide bonds. The van der Waals surface area contributed by atoms with E-state index in [2.05, 4.69) is 9.97 Å². The van der Waals surface area contributed by atoms with Crippen LogP contribution >= 0.6 is 23.2 Å². The molecule has 0 aliphatic heterocycles. The predicted octanol–water partition coefficient (Wildman–Crippen LogP) is 9.12. The van der Waals surface area contributed by atoms with Crippen LogP contribution < -0.4 is 16.9 Å². The first-order valence-corrected chi connectivity index (χ1v) is 23.0. The average Bonchev–Trinajstić information content (AvgIpc) is 4.03. The molecule has 71 heavy (non-hydrogen) atoms. The largest absolute Gasteiger partial charge is 0.392 e. The topological polar surface area (TPSA) is 189 Å². The van der Waals surface area contributed by atoms with Crippen LogP contribution in [-0.4, -0.2) is 43.4 Å². The SMILES string of the molecule is Cn1cncc1C(N)(c1ccc([N+](=O)[O-])cc1)c1ccc2c(c1)c(-c1cccc(Cl)c1)cc(=O)n2C.Cn1cncc1C(O)(c1ccc(CO)cc1)c1ccc2c(c1)c(-c1cccc(Cl)c1)cc(=O)n2C. The summed E-state index contributed by atoms with van der Waals surface area (Å²) in [5, 5.41) is 35.8. The van der Waals surface area contributed by atoms with E-state index in [0.29, 0.717) is 38.1 Å². The lowest BCUT2D eigenvalue weighted by Crippen LogP contribution is -2.41. The minimum absolute atomic E-state index is 0.0251. The number of hydrogen-bond acceptors (Lipinski definition) is 9. The van der Waals surface area contributed by atoms with E-state index in [1.165, 1.54) is 12.1 Å². The Morgan fingerprint density at radius 3 is 1.54 bits per heavy atom. The zero-order valence-electron chi connectivity index (χ0n) is 38.9. The van der Waals surface area contributed by atoms with Gasteiger partial charge in [-0.3, -0.25) is 19.7 Å². The Morgan fingerprint density at radius 1 is 0.606 bits per heavy atom. The molecule has 0 saturated carbocycles. The molecule has 0 spiro atoms. The zero-order valence-corrected chi connectivity index (χ0v) is 40.4. The van der Waals surface area contributed by atoms with Crippen LogP contribution in [0.25, 0.3) is 44.1 Å². The van der Waals surface area contributed by atoms with Crippen LogP contribution in [-0.2, 0) is 45.9 Å². The van der Waals surface area contributed by atoms with E-state index in [9.17, 15) is 29.9 Å². The van der Waals surface area contributed by atoms with E-state index >= 15 is 0 Å². The third-order valence-electron chi connectivity index (χ3n) is 13.1. The van der Waals surface area contributed by atoms with Crippen molar-refractivity contribution in [3.63, 3.8) is 0 Å². The molecule has 0 aliphatic rings. The number of aliphatic hydroxyl groups is 2. The highest BCUT2D eigenvalue weighted by Gasteiger charge is 2.38. The Balaban J connectivity index is 0.000000176. The smallest absolute Gasteiger partial charge is 0.269 e. The average molecular weight is 986 g/mol. The molecule has 10 rings (SSSR count). The summed E-state index contributed by atoms with van der Waals surface area (Å²) in [7, 11) is 7.13. The van der Waals surface area contributed by atoms with Gasteiger partial charge in [0.2, 0.25) is 0 Å². The van der Waals surface area contributed by atoms with Gasteiger partial charge in [0.25, 0.3) is 16.8 Å². The van der Waals surface area contributed by atoms with E-state index in [1.54, 1.807) is 114 Å². The molecule has 356 valence electrons. The molecule has 0 saturated heterocycles. The quantitative estimate of drug-likeness (QED) is 0.0887. The number of benzene rings is 6. The molecular weight excluding hydrogens is 940 g/mol. The minimum Gasteiger partial charge on any atom is -0.392 e. The van der Waals surface area contributed by atoms with Gasteiger partial charge in [0.05, 0.1) is 59.0 Å². The van der Waals surface area contributed by atoms with Crippen LogP contribution in [0.3, 0.4) is 0 Å². The molecule has 4 aromatic heterocycles. The molecule has 6 aromatic carbocycles. The van der Waals surface area contributed by atoms with Crippen LogP contribution in [0.15, 0.2) is 180 Å². The highest BCUT2D eigenvalue weighted by molar-refractivity contribution is 6.31. The van der Waals surface area contributed by atoms with Crippen molar-refractivity contribution in [3.8, 4) is 22.3 Å². The number of pyridine rings is 2. The van der Waals surface area contributed by atoms with Crippen LogP contribution in [0.5, 0.6) is 0 Å². The zero-order chi connectivity index (χ0) is 50.4. The van der Waals surface area contributed by atoms with Gasteiger partial charge in [0.1, 0.15) is 5.54 Å². The number of nitro groups is 1. The minimum atomic E-state index is -1.53. The molecule has 4 N–H and O–H groups in total. The second-order valence-corrected chi connectivity index (χ2v) is 18.2. The van der Waals surface area contributed by atoms with E-state index in [4.69, 9.17) is 28.9 Å². The molecule has 2 atom stereocenters. The summed E-state index contributed by atoms with van der Waals surface area (Å²) < 4.78 is 6.78. The fraction of sp³-hybridized carbons (Fsp3) is 0.127. The highest BCUT2D eigenvalue weighted by atomic mass is 35.5. The number of aliphatic hydroxyl groups excluding tert-OH is 1. The van der Waals surface area contributed by atoms with Crippen LogP contribution in [0.2, 0.25) is 10.0 Å². The predicted molar refractivity (Wildman–Crippen MR) is 277 cm³/mol. The number of nitrogens with zero attached hydrogens (tertiary/aromatic N) is 7. The molecule has 4 heterocycles. The molecule has 0 radical (unpaired) electrons. The number of halogens is 2. The van der Waals surface area contributed by atoms with Crippen molar-refractivity contribution in [2.24, 2.45) is 33.9 Å². The number of fused-ring (bicyclic) bond motifs is 2. The number of nitrogens with two attached hydrogens (primary N) is 1. The van der Waals surface area contributed by atoms with Gasteiger partial charge in [-0.15, -0.1) is 0 Å². The molecule has 0 aliphatic carbocycles. The Bertz CT molecular complexity index is 3790. The third kappa shape index (κ3) is 8.73. The normalized spacial score (nSPS) is 13.1. The molecule has 16 heteroatoms. The number of non-ortho nitro benzene ring substituents is 1. The Hall–Kier alpha value is -7.98. The second-order valence-electron chi connectivity index (χ2n) is 17.4.